The highest BCUT2D eigenvalue weighted by molar-refractivity contribution is 6.20. The maximum atomic E-state index is 13.6. The molecule has 2 saturated carbocycles. The van der Waals surface area contributed by atoms with Crippen LogP contribution in [0.25, 0.3) is 5.57 Å². The Kier molecular flexibility index (Phi) is 7.61. The Balaban J connectivity index is 0.00000304. The van der Waals surface area contributed by atoms with Crippen LogP contribution >= 0.6 is 12.4 Å². The van der Waals surface area contributed by atoms with Gasteiger partial charge in [0.25, 0.3) is 5.91 Å². The molecule has 1 aromatic heterocycles. The van der Waals surface area contributed by atoms with Crippen molar-refractivity contribution in [3.8, 4) is 5.75 Å². The van der Waals surface area contributed by atoms with E-state index in [1.807, 2.05) is 0 Å². The van der Waals surface area contributed by atoms with Gasteiger partial charge in [0.2, 0.25) is 0 Å². The molecule has 1 aliphatic heterocycles. The lowest BCUT2D eigenvalue weighted by Crippen LogP contribution is -2.42. The fraction of sp³-hybridized carbons (Fsp3) is 0.500. The second-order valence-electron chi connectivity index (χ2n) is 9.98. The number of hydrogen-bond donors (Lipinski definition) is 4. The Bertz CT molecular complexity index is 1130. The number of alkyl halides is 3. The van der Waals surface area contributed by atoms with Gasteiger partial charge in [-0.2, -0.15) is 13.2 Å². The summed E-state index contributed by atoms with van der Waals surface area (Å²) in [6, 6.07) is 5.08. The van der Waals surface area contributed by atoms with Crippen LogP contribution in [0.5, 0.6) is 5.75 Å². The molecule has 10 heteroatoms. The highest BCUT2D eigenvalue weighted by Crippen LogP contribution is 2.42. The molecule has 0 spiro atoms. The number of hydrogen-bond acceptors (Lipinski definition) is 4. The Morgan fingerprint density at radius 2 is 1.83 bits per heavy atom. The maximum absolute atomic E-state index is 13.6. The number of benzene rings is 1. The molecule has 5 rings (SSSR count). The van der Waals surface area contributed by atoms with E-state index in [2.05, 4.69) is 15.6 Å². The SMILES string of the molecule is CC1=C(C(=O)NC2CCC(N)CC2)c2[nH]ccc2C(c2cc(C(F)(F)F)ccc2OCC2CC2)N1.Cl. The highest BCUT2D eigenvalue weighted by Gasteiger charge is 2.36. The van der Waals surface area contributed by atoms with E-state index in [0.717, 1.165) is 50.7 Å². The molecule has 2 aromatic rings. The van der Waals surface area contributed by atoms with Crippen molar-refractivity contribution in [2.45, 2.75) is 69.8 Å². The lowest BCUT2D eigenvalue weighted by Gasteiger charge is -2.31. The van der Waals surface area contributed by atoms with E-state index < -0.39 is 17.8 Å². The summed E-state index contributed by atoms with van der Waals surface area (Å²) in [6.07, 6.45) is 2.80. The molecular weight excluding hydrogens is 493 g/mol. The van der Waals surface area contributed by atoms with Gasteiger partial charge in [0.05, 0.1) is 29.5 Å². The standard InChI is InChI=1S/C26H31F3N4O2.ClH/c1-14-22(25(34)33-18-7-5-17(30)6-8-18)24-19(10-11-31-24)23(32-14)20-12-16(26(27,28)29)4-9-21(20)35-13-15-2-3-15;/h4,9-12,15,17-18,23,31-32H,2-3,5-8,13,30H2,1H3,(H,33,34);1H. The highest BCUT2D eigenvalue weighted by atomic mass is 35.5. The third-order valence-electron chi connectivity index (χ3n) is 7.23. The van der Waals surface area contributed by atoms with Gasteiger partial charge in [0.1, 0.15) is 5.75 Å². The Morgan fingerprint density at radius 1 is 1.11 bits per heavy atom. The number of ether oxygens (including phenoxy) is 1. The number of amides is 1. The molecule has 196 valence electrons. The summed E-state index contributed by atoms with van der Waals surface area (Å²) in [5.41, 5.74) is 8.06. The van der Waals surface area contributed by atoms with Crippen LogP contribution in [0, 0.1) is 5.92 Å². The van der Waals surface area contributed by atoms with Gasteiger partial charge in [-0.3, -0.25) is 4.79 Å². The van der Waals surface area contributed by atoms with Gasteiger partial charge in [-0.05, 0) is 75.6 Å². The minimum Gasteiger partial charge on any atom is -0.493 e. The Morgan fingerprint density at radius 3 is 2.50 bits per heavy atom. The first-order chi connectivity index (χ1) is 16.7. The number of rotatable bonds is 6. The second kappa shape index (κ2) is 10.4. The monoisotopic (exact) mass is 524 g/mol. The minimum absolute atomic E-state index is 0. The van der Waals surface area contributed by atoms with Crippen LogP contribution in [0.1, 0.15) is 73.9 Å². The summed E-state index contributed by atoms with van der Waals surface area (Å²) in [7, 11) is 0. The summed E-state index contributed by atoms with van der Waals surface area (Å²) in [4.78, 5) is 16.4. The van der Waals surface area contributed by atoms with Crippen molar-refractivity contribution in [1.82, 2.24) is 15.6 Å². The van der Waals surface area contributed by atoms with E-state index in [4.69, 9.17) is 10.5 Å². The predicted octanol–water partition coefficient (Wildman–Crippen LogP) is 5.05. The topological polar surface area (TPSA) is 92.2 Å². The molecule has 6 nitrogen and oxygen atoms in total. The average Bonchev–Trinajstić information content (AvgIpc) is 3.52. The summed E-state index contributed by atoms with van der Waals surface area (Å²) in [5, 5.41) is 6.42. The lowest BCUT2D eigenvalue weighted by atomic mass is 9.88. The molecular formula is C26H32ClF3N4O2. The molecule has 3 aliphatic rings. The van der Waals surface area contributed by atoms with Crippen LogP contribution < -0.4 is 21.1 Å². The van der Waals surface area contributed by atoms with Crippen LogP contribution in [-0.4, -0.2) is 29.6 Å². The Hall–Kier alpha value is -2.65. The number of halogens is 4. The van der Waals surface area contributed by atoms with Crippen LogP contribution in [0.3, 0.4) is 0 Å². The van der Waals surface area contributed by atoms with Crippen LogP contribution in [-0.2, 0) is 11.0 Å². The van der Waals surface area contributed by atoms with E-state index in [1.165, 1.54) is 6.07 Å². The molecule has 1 aromatic carbocycles. The number of carbonyl (C=O) groups excluding carboxylic acids is 1. The normalized spacial score (nSPS) is 23.9. The van der Waals surface area contributed by atoms with E-state index in [1.54, 1.807) is 19.2 Å². The largest absolute Gasteiger partial charge is 0.493 e. The van der Waals surface area contributed by atoms with Gasteiger partial charge in [-0.1, -0.05) is 0 Å². The molecule has 0 saturated heterocycles. The summed E-state index contributed by atoms with van der Waals surface area (Å²) >= 11 is 0. The molecule has 1 atom stereocenters. The van der Waals surface area contributed by atoms with Crippen molar-refractivity contribution < 1.29 is 22.7 Å². The van der Waals surface area contributed by atoms with E-state index in [0.29, 0.717) is 46.4 Å². The zero-order chi connectivity index (χ0) is 24.7. The molecule has 2 heterocycles. The fourth-order valence-corrected chi connectivity index (χ4v) is 5.02. The average molecular weight is 525 g/mol. The van der Waals surface area contributed by atoms with Crippen molar-refractivity contribution in [3.05, 3.63) is 58.5 Å². The fourth-order valence-electron chi connectivity index (χ4n) is 5.02. The number of carbonyl (C=O) groups is 1. The number of nitrogens with two attached hydrogens (primary N) is 1. The van der Waals surface area contributed by atoms with Crippen molar-refractivity contribution in [3.63, 3.8) is 0 Å². The van der Waals surface area contributed by atoms with Gasteiger partial charge in [-0.25, -0.2) is 0 Å². The number of nitrogens with one attached hydrogen (secondary N) is 3. The van der Waals surface area contributed by atoms with E-state index in [-0.39, 0.29) is 30.4 Å². The van der Waals surface area contributed by atoms with E-state index >= 15 is 0 Å². The second-order valence-corrected chi connectivity index (χ2v) is 9.98. The molecule has 2 fully saturated rings. The molecule has 1 amide bonds. The van der Waals surface area contributed by atoms with Crippen molar-refractivity contribution >= 4 is 23.9 Å². The summed E-state index contributed by atoms with van der Waals surface area (Å²) in [6.45, 7) is 2.26. The van der Waals surface area contributed by atoms with Crippen molar-refractivity contribution in [1.29, 1.82) is 0 Å². The quantitative estimate of drug-likeness (QED) is 0.425. The molecule has 1 unspecified atom stereocenters. The van der Waals surface area contributed by atoms with Gasteiger partial charge in [0, 0.05) is 35.1 Å². The number of fused-ring (bicyclic) bond motifs is 1. The van der Waals surface area contributed by atoms with Gasteiger partial charge in [0.15, 0.2) is 0 Å². The molecule has 5 N–H and O–H groups in total. The van der Waals surface area contributed by atoms with Crippen LogP contribution in [0.15, 0.2) is 36.2 Å². The van der Waals surface area contributed by atoms with Crippen LogP contribution in [0.4, 0.5) is 13.2 Å². The number of allylic oxidation sites excluding steroid dienone is 1. The maximum Gasteiger partial charge on any atom is 0.416 e. The minimum atomic E-state index is -4.47. The third kappa shape index (κ3) is 5.52. The van der Waals surface area contributed by atoms with E-state index in [9.17, 15) is 18.0 Å². The first kappa shape index (κ1) is 26.4. The zero-order valence-corrected chi connectivity index (χ0v) is 20.9. The summed E-state index contributed by atoms with van der Waals surface area (Å²) < 4.78 is 46.7. The first-order valence-corrected chi connectivity index (χ1v) is 12.3. The van der Waals surface area contributed by atoms with Gasteiger partial charge >= 0.3 is 6.18 Å². The lowest BCUT2D eigenvalue weighted by molar-refractivity contribution is -0.137. The molecule has 36 heavy (non-hydrogen) atoms. The molecule has 0 radical (unpaired) electrons. The smallest absolute Gasteiger partial charge is 0.416 e. The van der Waals surface area contributed by atoms with Crippen molar-refractivity contribution in [2.24, 2.45) is 11.7 Å². The van der Waals surface area contributed by atoms with Crippen molar-refractivity contribution in [2.75, 3.05) is 6.61 Å². The number of H-pyrrole nitrogens is 1. The molecule has 2 aliphatic carbocycles. The first-order valence-electron chi connectivity index (χ1n) is 12.3. The molecule has 0 bridgehead atoms. The summed E-state index contributed by atoms with van der Waals surface area (Å²) in [5.74, 6) is 0.680. The number of aromatic nitrogens is 1. The van der Waals surface area contributed by atoms with Crippen LogP contribution in [0.2, 0.25) is 0 Å². The van der Waals surface area contributed by atoms with Gasteiger partial charge in [-0.15, -0.1) is 12.4 Å². The van der Waals surface area contributed by atoms with Gasteiger partial charge < -0.3 is 26.1 Å². The number of aromatic amines is 1. The third-order valence-corrected chi connectivity index (χ3v) is 7.23. The Labute approximate surface area is 214 Å². The predicted molar refractivity (Wildman–Crippen MR) is 134 cm³/mol. The zero-order valence-electron chi connectivity index (χ0n) is 20.1.